The Kier molecular flexibility index (Phi) is 1.15. The van der Waals surface area contributed by atoms with Gasteiger partial charge in [-0.2, -0.15) is 0 Å². The quantitative estimate of drug-likeness (QED) is 0.576. The lowest BCUT2D eigenvalue weighted by Crippen LogP contribution is -1.80. The number of aryl methyl sites for hydroxylation is 1. The molecule has 2 rings (SSSR count). The number of nitrogens with zero attached hydrogens (tertiary/aromatic N) is 2. The molecule has 0 atom stereocenters. The minimum atomic E-state index is -0.396. The Labute approximate surface area is 61.8 Å². The van der Waals surface area contributed by atoms with E-state index in [9.17, 15) is 4.39 Å². The van der Waals surface area contributed by atoms with Gasteiger partial charge in [0.15, 0.2) is 11.3 Å². The largest absolute Gasteiger partial charge is 0.243 e. The van der Waals surface area contributed by atoms with Crippen LogP contribution in [0.3, 0.4) is 0 Å². The summed E-state index contributed by atoms with van der Waals surface area (Å²) in [7, 11) is 0. The molecule has 0 saturated carbocycles. The third-order valence-electron chi connectivity index (χ3n) is 1.57. The van der Waals surface area contributed by atoms with Crippen LogP contribution in [0.4, 0.5) is 4.39 Å². The van der Waals surface area contributed by atoms with Gasteiger partial charge in [-0.05, 0) is 28.9 Å². The first kappa shape index (κ1) is 6.27. The summed E-state index contributed by atoms with van der Waals surface area (Å²) in [5, 5.41) is 6.97. The van der Waals surface area contributed by atoms with E-state index in [-0.39, 0.29) is 5.52 Å². The van der Waals surface area contributed by atoms with Crippen molar-refractivity contribution in [1.29, 1.82) is 0 Å². The van der Waals surface area contributed by atoms with E-state index in [1.165, 1.54) is 6.07 Å². The Morgan fingerprint density at radius 1 is 1.27 bits per heavy atom. The van der Waals surface area contributed by atoms with Crippen LogP contribution < -0.4 is 0 Å². The Balaban J connectivity index is 2.96. The van der Waals surface area contributed by atoms with Gasteiger partial charge < -0.3 is 0 Å². The number of benzene rings is 1. The molecule has 1 heterocycles. The van der Waals surface area contributed by atoms with Crippen LogP contribution in [0.5, 0.6) is 0 Å². The van der Waals surface area contributed by atoms with Gasteiger partial charge in [-0.15, -0.1) is 0 Å². The average Bonchev–Trinajstić information content (AvgIpc) is 2.45. The zero-order chi connectivity index (χ0) is 7.84. The van der Waals surface area contributed by atoms with Gasteiger partial charge in [0.25, 0.3) is 0 Å². The molecule has 0 N–H and O–H groups in total. The Morgan fingerprint density at radius 2 is 2.00 bits per heavy atom. The Bertz CT molecular complexity index is 360. The van der Waals surface area contributed by atoms with E-state index in [1.807, 2.05) is 6.92 Å². The van der Waals surface area contributed by atoms with E-state index in [4.69, 9.17) is 0 Å². The van der Waals surface area contributed by atoms with Gasteiger partial charge in [-0.3, -0.25) is 0 Å². The molecule has 0 bridgehead atoms. The average molecular weight is 152 g/mol. The molecule has 4 heteroatoms. The predicted octanol–water partition coefficient (Wildman–Crippen LogP) is 1.67. The second-order valence-electron chi connectivity index (χ2n) is 2.33. The smallest absolute Gasteiger partial charge is 0.171 e. The molecule has 0 fully saturated rings. The van der Waals surface area contributed by atoms with Crippen molar-refractivity contribution < 1.29 is 9.02 Å². The molecule has 0 unspecified atom stereocenters. The van der Waals surface area contributed by atoms with Gasteiger partial charge in [0.05, 0.1) is 0 Å². The van der Waals surface area contributed by atoms with Crippen molar-refractivity contribution in [3.05, 3.63) is 23.5 Å². The van der Waals surface area contributed by atoms with Crippen molar-refractivity contribution in [3.63, 3.8) is 0 Å². The molecule has 0 aliphatic rings. The van der Waals surface area contributed by atoms with Crippen LogP contribution in [-0.2, 0) is 0 Å². The molecule has 2 aromatic rings. The molecule has 11 heavy (non-hydrogen) atoms. The van der Waals surface area contributed by atoms with Gasteiger partial charge in [0.2, 0.25) is 0 Å². The monoisotopic (exact) mass is 152 g/mol. The van der Waals surface area contributed by atoms with E-state index in [1.54, 1.807) is 6.07 Å². The normalized spacial score (nSPS) is 10.7. The predicted molar refractivity (Wildman–Crippen MR) is 36.5 cm³/mol. The van der Waals surface area contributed by atoms with E-state index in [0.29, 0.717) is 5.52 Å². The fourth-order valence-corrected chi connectivity index (χ4v) is 0.960. The van der Waals surface area contributed by atoms with Gasteiger partial charge in [-0.1, -0.05) is 6.07 Å². The minimum absolute atomic E-state index is 0.199. The summed E-state index contributed by atoms with van der Waals surface area (Å²) in [6, 6.07) is 2.99. The molecule has 56 valence electrons. The van der Waals surface area contributed by atoms with E-state index in [2.05, 4.69) is 14.9 Å². The number of fused-ring (bicyclic) bond motifs is 1. The van der Waals surface area contributed by atoms with Crippen LogP contribution >= 0.6 is 0 Å². The topological polar surface area (TPSA) is 38.9 Å². The van der Waals surface area contributed by atoms with E-state index >= 15 is 0 Å². The number of hydrogen-bond acceptors (Lipinski definition) is 3. The summed E-state index contributed by atoms with van der Waals surface area (Å²) >= 11 is 0. The van der Waals surface area contributed by atoms with Crippen molar-refractivity contribution in [2.45, 2.75) is 6.92 Å². The maximum Gasteiger partial charge on any atom is 0.171 e. The standard InChI is InChI=1S/C7H5FN2O/c1-4-2-3-5(8)7-6(4)9-11-10-7/h2-3H,1H3. The molecule has 0 spiro atoms. The number of rotatable bonds is 0. The second kappa shape index (κ2) is 2.02. The summed E-state index contributed by atoms with van der Waals surface area (Å²) in [6.07, 6.45) is 0. The number of halogens is 1. The van der Waals surface area contributed by atoms with Crippen LogP contribution in [-0.4, -0.2) is 10.3 Å². The lowest BCUT2D eigenvalue weighted by atomic mass is 10.2. The summed E-state index contributed by atoms with van der Waals surface area (Å²) in [5.74, 6) is -0.396. The third kappa shape index (κ3) is 0.790. The fourth-order valence-electron chi connectivity index (χ4n) is 0.960. The highest BCUT2D eigenvalue weighted by atomic mass is 19.1. The van der Waals surface area contributed by atoms with Crippen LogP contribution in [0, 0.1) is 12.7 Å². The van der Waals surface area contributed by atoms with E-state index in [0.717, 1.165) is 5.56 Å². The first-order chi connectivity index (χ1) is 5.29. The Morgan fingerprint density at radius 3 is 2.73 bits per heavy atom. The minimum Gasteiger partial charge on any atom is -0.243 e. The van der Waals surface area contributed by atoms with Gasteiger partial charge in [0.1, 0.15) is 5.52 Å². The summed E-state index contributed by atoms with van der Waals surface area (Å²) in [6.45, 7) is 1.83. The SMILES string of the molecule is Cc1ccc(F)c2nonc12. The van der Waals surface area contributed by atoms with Crippen LogP contribution in [0.2, 0.25) is 0 Å². The van der Waals surface area contributed by atoms with Crippen molar-refractivity contribution in [2.75, 3.05) is 0 Å². The number of aromatic nitrogens is 2. The van der Waals surface area contributed by atoms with Gasteiger partial charge >= 0.3 is 0 Å². The molecule has 0 aliphatic heterocycles. The highest BCUT2D eigenvalue weighted by Crippen LogP contribution is 2.16. The second-order valence-corrected chi connectivity index (χ2v) is 2.33. The van der Waals surface area contributed by atoms with Crippen LogP contribution in [0.15, 0.2) is 16.8 Å². The summed E-state index contributed by atoms with van der Waals surface area (Å²) in [4.78, 5) is 0. The first-order valence-electron chi connectivity index (χ1n) is 3.16. The molecule has 0 radical (unpaired) electrons. The molecular formula is C7H5FN2O. The van der Waals surface area contributed by atoms with Gasteiger partial charge in [-0.25, -0.2) is 9.02 Å². The lowest BCUT2D eigenvalue weighted by molar-refractivity contribution is 0.314. The fraction of sp³-hybridized carbons (Fsp3) is 0.143. The number of hydrogen-bond donors (Lipinski definition) is 0. The molecule has 1 aromatic heterocycles. The third-order valence-corrected chi connectivity index (χ3v) is 1.57. The van der Waals surface area contributed by atoms with E-state index < -0.39 is 5.82 Å². The van der Waals surface area contributed by atoms with Crippen LogP contribution in [0.25, 0.3) is 11.0 Å². The summed E-state index contributed by atoms with van der Waals surface area (Å²) < 4.78 is 17.2. The Hall–Kier alpha value is -1.45. The molecule has 0 amide bonds. The van der Waals surface area contributed by atoms with Gasteiger partial charge in [0, 0.05) is 0 Å². The molecule has 1 aromatic carbocycles. The summed E-state index contributed by atoms with van der Waals surface area (Å²) in [5.41, 5.74) is 1.55. The maximum atomic E-state index is 12.8. The first-order valence-corrected chi connectivity index (χ1v) is 3.16. The van der Waals surface area contributed by atoms with Crippen molar-refractivity contribution in [1.82, 2.24) is 10.3 Å². The zero-order valence-electron chi connectivity index (χ0n) is 5.84. The highest BCUT2D eigenvalue weighted by molar-refractivity contribution is 5.77. The molecular weight excluding hydrogens is 147 g/mol. The van der Waals surface area contributed by atoms with Crippen molar-refractivity contribution in [2.24, 2.45) is 0 Å². The van der Waals surface area contributed by atoms with Crippen LogP contribution in [0.1, 0.15) is 5.56 Å². The molecule has 0 saturated heterocycles. The highest BCUT2D eigenvalue weighted by Gasteiger charge is 2.07. The maximum absolute atomic E-state index is 12.8. The van der Waals surface area contributed by atoms with Crippen molar-refractivity contribution >= 4 is 11.0 Å². The molecule has 0 aliphatic carbocycles. The molecule has 3 nitrogen and oxygen atoms in total. The lowest BCUT2D eigenvalue weighted by Gasteiger charge is -1.90. The zero-order valence-corrected chi connectivity index (χ0v) is 5.84. The van der Waals surface area contributed by atoms with Crippen molar-refractivity contribution in [3.8, 4) is 0 Å².